The Morgan fingerprint density at radius 3 is 2.31 bits per heavy atom. The highest BCUT2D eigenvalue weighted by Gasteiger charge is 2.32. The van der Waals surface area contributed by atoms with Gasteiger partial charge >= 0.3 is 0 Å². The fourth-order valence-electron chi connectivity index (χ4n) is 4.68. The number of methoxy groups -OCH3 is 1. The van der Waals surface area contributed by atoms with E-state index in [1.807, 2.05) is 29.2 Å². The first-order valence-electron chi connectivity index (χ1n) is 11.3. The fourth-order valence-corrected chi connectivity index (χ4v) is 4.81. The van der Waals surface area contributed by atoms with Crippen LogP contribution in [-0.4, -0.2) is 60.9 Å². The number of benzene rings is 2. The number of amides is 2. The van der Waals surface area contributed by atoms with E-state index in [4.69, 9.17) is 16.3 Å². The quantitative estimate of drug-likeness (QED) is 0.730. The number of nitrogens with zero attached hydrogens (tertiary/aromatic N) is 2. The number of carbonyl (C=O) groups is 2. The van der Waals surface area contributed by atoms with Gasteiger partial charge in [0, 0.05) is 47.4 Å². The molecule has 0 aromatic heterocycles. The summed E-state index contributed by atoms with van der Waals surface area (Å²) in [6.45, 7) is 3.38. The van der Waals surface area contributed by atoms with Crippen LogP contribution in [0.25, 0.3) is 0 Å². The highest BCUT2D eigenvalue weighted by Crippen LogP contribution is 2.26. The van der Waals surface area contributed by atoms with Crippen LogP contribution >= 0.6 is 11.6 Å². The Labute approximate surface area is 194 Å². The summed E-state index contributed by atoms with van der Waals surface area (Å²) >= 11 is 5.93. The van der Waals surface area contributed by atoms with Crippen LogP contribution in [0.15, 0.2) is 48.5 Å². The number of rotatable bonds is 5. The third-order valence-electron chi connectivity index (χ3n) is 6.60. The van der Waals surface area contributed by atoms with Crippen molar-refractivity contribution < 1.29 is 14.3 Å². The highest BCUT2D eigenvalue weighted by molar-refractivity contribution is 6.30. The van der Waals surface area contributed by atoms with Crippen LogP contribution in [0.2, 0.25) is 5.02 Å². The molecule has 0 spiro atoms. The molecule has 1 N–H and O–H groups in total. The lowest BCUT2D eigenvalue weighted by Gasteiger charge is -2.41. The van der Waals surface area contributed by atoms with Crippen molar-refractivity contribution in [3.63, 3.8) is 0 Å². The number of likely N-dealkylation sites (tertiary alicyclic amines) is 2. The molecule has 4 rings (SSSR count). The van der Waals surface area contributed by atoms with E-state index >= 15 is 0 Å². The van der Waals surface area contributed by atoms with Gasteiger partial charge in [0.05, 0.1) is 7.11 Å². The molecule has 2 saturated heterocycles. The molecule has 6 nitrogen and oxygen atoms in total. The van der Waals surface area contributed by atoms with Crippen LogP contribution in [0.1, 0.15) is 36.0 Å². The van der Waals surface area contributed by atoms with Crippen molar-refractivity contribution in [3.05, 3.63) is 59.1 Å². The van der Waals surface area contributed by atoms with Gasteiger partial charge in [-0.05, 0) is 75.2 Å². The minimum Gasteiger partial charge on any atom is -0.497 e. The van der Waals surface area contributed by atoms with Crippen molar-refractivity contribution in [1.82, 2.24) is 9.80 Å². The van der Waals surface area contributed by atoms with Gasteiger partial charge < -0.3 is 19.9 Å². The average Bonchev–Trinajstić information content (AvgIpc) is 2.84. The Kier molecular flexibility index (Phi) is 7.33. The minimum absolute atomic E-state index is 0.0315. The van der Waals surface area contributed by atoms with Crippen molar-refractivity contribution in [2.45, 2.75) is 31.7 Å². The summed E-state index contributed by atoms with van der Waals surface area (Å²) in [6, 6.07) is 15.0. The first kappa shape index (κ1) is 22.6. The third-order valence-corrected chi connectivity index (χ3v) is 6.85. The zero-order chi connectivity index (χ0) is 22.5. The monoisotopic (exact) mass is 455 g/mol. The summed E-state index contributed by atoms with van der Waals surface area (Å²) in [5, 5.41) is 3.67. The highest BCUT2D eigenvalue weighted by atomic mass is 35.5. The van der Waals surface area contributed by atoms with E-state index in [-0.39, 0.29) is 17.7 Å². The Morgan fingerprint density at radius 2 is 1.66 bits per heavy atom. The molecule has 7 heteroatoms. The van der Waals surface area contributed by atoms with Crippen LogP contribution in [-0.2, 0) is 4.79 Å². The van der Waals surface area contributed by atoms with Crippen molar-refractivity contribution in [2.75, 3.05) is 38.6 Å². The van der Waals surface area contributed by atoms with Crippen LogP contribution in [0, 0.1) is 5.92 Å². The van der Waals surface area contributed by atoms with Gasteiger partial charge in [-0.2, -0.15) is 0 Å². The molecule has 2 fully saturated rings. The van der Waals surface area contributed by atoms with Gasteiger partial charge in [0.25, 0.3) is 5.91 Å². The van der Waals surface area contributed by atoms with Crippen molar-refractivity contribution in [3.8, 4) is 5.75 Å². The van der Waals surface area contributed by atoms with Crippen molar-refractivity contribution in [1.29, 1.82) is 0 Å². The van der Waals surface area contributed by atoms with Crippen LogP contribution in [0.3, 0.4) is 0 Å². The Hall–Kier alpha value is -2.57. The second-order valence-electron chi connectivity index (χ2n) is 8.56. The first-order valence-corrected chi connectivity index (χ1v) is 11.6. The molecule has 2 amide bonds. The molecule has 2 aromatic carbocycles. The predicted octanol–water partition coefficient (Wildman–Crippen LogP) is 4.30. The van der Waals surface area contributed by atoms with E-state index in [2.05, 4.69) is 10.2 Å². The second kappa shape index (κ2) is 10.4. The zero-order valence-corrected chi connectivity index (χ0v) is 19.2. The maximum absolute atomic E-state index is 12.7. The van der Waals surface area contributed by atoms with Gasteiger partial charge in [0.15, 0.2) is 0 Å². The summed E-state index contributed by atoms with van der Waals surface area (Å²) in [5.41, 5.74) is 1.46. The third kappa shape index (κ3) is 5.43. The van der Waals surface area contributed by atoms with E-state index in [9.17, 15) is 9.59 Å². The summed E-state index contributed by atoms with van der Waals surface area (Å²) in [4.78, 5) is 29.9. The normalized spacial score (nSPS) is 18.4. The lowest BCUT2D eigenvalue weighted by molar-refractivity contribution is -0.121. The van der Waals surface area contributed by atoms with Gasteiger partial charge in [-0.15, -0.1) is 0 Å². The van der Waals surface area contributed by atoms with E-state index in [1.54, 1.807) is 31.4 Å². The van der Waals surface area contributed by atoms with Gasteiger partial charge in [-0.3, -0.25) is 9.59 Å². The average molecular weight is 456 g/mol. The lowest BCUT2D eigenvalue weighted by Crippen LogP contribution is -2.49. The van der Waals surface area contributed by atoms with Crippen molar-refractivity contribution >= 4 is 29.1 Å². The minimum atomic E-state index is 0.0315. The maximum atomic E-state index is 12.7. The van der Waals surface area contributed by atoms with Gasteiger partial charge in [-0.1, -0.05) is 17.7 Å². The standard InChI is InChI=1S/C25H30ClN3O3/c1-32-23-4-2-3-21(17-23)27-24(30)18-9-13-28(14-10-18)22-11-15-29(16-12-22)25(31)19-5-7-20(26)8-6-19/h2-8,17-18,22H,9-16H2,1H3,(H,27,30). The molecular formula is C25H30ClN3O3. The smallest absolute Gasteiger partial charge is 0.253 e. The molecule has 0 bridgehead atoms. The lowest BCUT2D eigenvalue weighted by atomic mass is 9.92. The Balaban J connectivity index is 1.23. The zero-order valence-electron chi connectivity index (χ0n) is 18.4. The maximum Gasteiger partial charge on any atom is 0.253 e. The molecule has 32 heavy (non-hydrogen) atoms. The number of ether oxygens (including phenoxy) is 1. The van der Waals surface area contributed by atoms with Crippen LogP contribution in [0.4, 0.5) is 5.69 Å². The Bertz CT molecular complexity index is 934. The molecule has 0 aliphatic carbocycles. The van der Waals surface area contributed by atoms with Gasteiger partial charge in [0.2, 0.25) is 5.91 Å². The van der Waals surface area contributed by atoms with Crippen LogP contribution < -0.4 is 10.1 Å². The van der Waals surface area contributed by atoms with E-state index in [1.165, 1.54) is 0 Å². The molecule has 2 aliphatic rings. The van der Waals surface area contributed by atoms with Crippen molar-refractivity contribution in [2.24, 2.45) is 5.92 Å². The number of hydrogen-bond acceptors (Lipinski definition) is 4. The molecule has 0 unspecified atom stereocenters. The Morgan fingerprint density at radius 1 is 0.969 bits per heavy atom. The predicted molar refractivity (Wildman–Crippen MR) is 126 cm³/mol. The molecule has 0 atom stereocenters. The summed E-state index contributed by atoms with van der Waals surface area (Å²) in [6.07, 6.45) is 3.67. The van der Waals surface area contributed by atoms with E-state index < -0.39 is 0 Å². The molecule has 0 radical (unpaired) electrons. The summed E-state index contributed by atoms with van der Waals surface area (Å²) < 4.78 is 5.23. The second-order valence-corrected chi connectivity index (χ2v) is 9.00. The number of carbonyl (C=O) groups excluding carboxylic acids is 2. The number of hydrogen-bond donors (Lipinski definition) is 1. The number of nitrogens with one attached hydrogen (secondary N) is 1. The van der Waals surface area contributed by atoms with E-state index in [0.29, 0.717) is 16.6 Å². The number of piperidine rings is 2. The molecule has 170 valence electrons. The first-order chi connectivity index (χ1) is 15.5. The fraction of sp³-hybridized carbons (Fsp3) is 0.440. The molecule has 2 heterocycles. The topological polar surface area (TPSA) is 61.9 Å². The molecular weight excluding hydrogens is 426 g/mol. The number of anilines is 1. The number of halogens is 1. The molecule has 2 aliphatic heterocycles. The SMILES string of the molecule is COc1cccc(NC(=O)C2CCN(C3CCN(C(=O)c4ccc(Cl)cc4)CC3)CC2)c1. The van der Waals surface area contributed by atoms with Crippen LogP contribution in [0.5, 0.6) is 5.75 Å². The van der Waals surface area contributed by atoms with E-state index in [0.717, 1.165) is 63.3 Å². The largest absolute Gasteiger partial charge is 0.497 e. The summed E-state index contributed by atoms with van der Waals surface area (Å²) in [7, 11) is 1.62. The molecule has 0 saturated carbocycles. The summed E-state index contributed by atoms with van der Waals surface area (Å²) in [5.74, 6) is 0.928. The van der Waals surface area contributed by atoms with Gasteiger partial charge in [0.1, 0.15) is 5.75 Å². The van der Waals surface area contributed by atoms with Gasteiger partial charge in [-0.25, -0.2) is 0 Å². The molecule has 2 aromatic rings.